The maximum atomic E-state index is 13.1. The summed E-state index contributed by atoms with van der Waals surface area (Å²) in [4.78, 5) is 16.2. The molecule has 0 saturated heterocycles. The Morgan fingerprint density at radius 1 is 1.39 bits per heavy atom. The maximum Gasteiger partial charge on any atom is 0.229 e. The highest BCUT2D eigenvalue weighted by atomic mass is 32.1. The van der Waals surface area contributed by atoms with Crippen LogP contribution in [0.5, 0.6) is 0 Å². The normalized spacial score (nSPS) is 12.1. The zero-order valence-corrected chi connectivity index (χ0v) is 12.7. The van der Waals surface area contributed by atoms with Gasteiger partial charge >= 0.3 is 0 Å². The minimum atomic E-state index is -1.07. The summed E-state index contributed by atoms with van der Waals surface area (Å²) < 4.78 is 18.3. The van der Waals surface area contributed by atoms with Gasteiger partial charge in [-0.3, -0.25) is 4.79 Å². The number of nitrogens with one attached hydrogen (secondary N) is 1. The third-order valence-electron chi connectivity index (χ3n) is 3.14. The third-order valence-corrected chi connectivity index (χ3v) is 3.89. The van der Waals surface area contributed by atoms with E-state index in [4.69, 9.17) is 4.42 Å². The van der Waals surface area contributed by atoms with Crippen LogP contribution in [0.4, 0.5) is 9.52 Å². The Kier molecular flexibility index (Phi) is 4.50. The van der Waals surface area contributed by atoms with Crippen molar-refractivity contribution in [1.82, 2.24) is 4.98 Å². The van der Waals surface area contributed by atoms with Gasteiger partial charge in [0.1, 0.15) is 11.5 Å². The Hall–Kier alpha value is -2.51. The lowest BCUT2D eigenvalue weighted by molar-refractivity contribution is -0.118. The smallest absolute Gasteiger partial charge is 0.229 e. The van der Waals surface area contributed by atoms with E-state index in [1.807, 2.05) is 0 Å². The molecule has 0 fully saturated rings. The Labute approximate surface area is 135 Å². The van der Waals surface area contributed by atoms with Crippen molar-refractivity contribution in [2.24, 2.45) is 0 Å². The van der Waals surface area contributed by atoms with Crippen LogP contribution in [-0.2, 0) is 4.79 Å². The van der Waals surface area contributed by atoms with E-state index < -0.39 is 17.8 Å². The van der Waals surface area contributed by atoms with Crippen molar-refractivity contribution < 1.29 is 18.7 Å². The number of benzene rings is 1. The van der Waals surface area contributed by atoms with Crippen molar-refractivity contribution in [2.75, 3.05) is 5.32 Å². The number of amides is 1. The second kappa shape index (κ2) is 6.72. The quantitative estimate of drug-likeness (QED) is 0.748. The molecular weight excluding hydrogens is 319 g/mol. The van der Waals surface area contributed by atoms with Crippen LogP contribution in [0.2, 0.25) is 0 Å². The van der Waals surface area contributed by atoms with Crippen LogP contribution in [0.1, 0.15) is 18.1 Å². The van der Waals surface area contributed by atoms with E-state index in [1.54, 1.807) is 29.8 Å². The summed E-state index contributed by atoms with van der Waals surface area (Å²) >= 11 is 1.26. The molecule has 7 heteroatoms. The molecule has 1 aromatic carbocycles. The Balaban J connectivity index is 1.61. The predicted molar refractivity (Wildman–Crippen MR) is 84.4 cm³/mol. The minimum Gasteiger partial charge on any atom is -0.463 e. The topological polar surface area (TPSA) is 75.4 Å². The number of carbonyl (C=O) groups is 1. The number of thiazole rings is 1. The molecule has 1 amide bonds. The lowest BCUT2D eigenvalue weighted by atomic mass is 10.1. The zero-order valence-electron chi connectivity index (χ0n) is 11.9. The molecule has 5 nitrogen and oxygen atoms in total. The SMILES string of the molecule is O=C(CC(O)c1cccc(F)c1)Nc1nc(-c2ccco2)cs1. The van der Waals surface area contributed by atoms with Crippen LogP contribution in [0, 0.1) is 5.82 Å². The van der Waals surface area contributed by atoms with Crippen molar-refractivity contribution >= 4 is 22.4 Å². The standard InChI is InChI=1S/C16H13FN2O3S/c17-11-4-1-3-10(7-11)13(20)8-15(21)19-16-18-12(9-23-16)14-5-2-6-22-14/h1-7,9,13,20H,8H2,(H,18,19,21). The van der Waals surface area contributed by atoms with Gasteiger partial charge in [-0.2, -0.15) is 0 Å². The number of furan rings is 1. The molecule has 0 bridgehead atoms. The van der Waals surface area contributed by atoms with Gasteiger partial charge in [0.25, 0.3) is 0 Å². The second-order valence-corrected chi connectivity index (χ2v) is 5.70. The number of anilines is 1. The molecule has 1 unspecified atom stereocenters. The molecule has 0 aliphatic heterocycles. The third kappa shape index (κ3) is 3.82. The predicted octanol–water partition coefficient (Wildman–Crippen LogP) is 3.60. The number of carbonyl (C=O) groups excluding carboxylic acids is 1. The number of halogens is 1. The molecule has 118 valence electrons. The number of nitrogens with zero attached hydrogens (tertiary/aromatic N) is 1. The summed E-state index contributed by atoms with van der Waals surface area (Å²) in [5.74, 6) is -0.242. The molecule has 1 atom stereocenters. The lowest BCUT2D eigenvalue weighted by Gasteiger charge is -2.10. The van der Waals surface area contributed by atoms with Crippen LogP contribution in [0.3, 0.4) is 0 Å². The van der Waals surface area contributed by atoms with E-state index in [9.17, 15) is 14.3 Å². The molecule has 2 aromatic heterocycles. The number of aromatic nitrogens is 1. The van der Waals surface area contributed by atoms with Crippen molar-refractivity contribution in [3.05, 3.63) is 59.4 Å². The summed E-state index contributed by atoms with van der Waals surface area (Å²) in [5, 5.41) is 14.8. The van der Waals surface area contributed by atoms with Gasteiger partial charge in [0.05, 0.1) is 18.8 Å². The van der Waals surface area contributed by atoms with Crippen molar-refractivity contribution in [3.63, 3.8) is 0 Å². The van der Waals surface area contributed by atoms with Crippen molar-refractivity contribution in [3.8, 4) is 11.5 Å². The number of aliphatic hydroxyl groups is 1. The van der Waals surface area contributed by atoms with E-state index >= 15 is 0 Å². The molecule has 2 heterocycles. The van der Waals surface area contributed by atoms with Crippen LogP contribution in [-0.4, -0.2) is 16.0 Å². The first kappa shape index (κ1) is 15.4. The second-order valence-electron chi connectivity index (χ2n) is 4.84. The van der Waals surface area contributed by atoms with Crippen LogP contribution < -0.4 is 5.32 Å². The maximum absolute atomic E-state index is 13.1. The van der Waals surface area contributed by atoms with Gasteiger partial charge in [0, 0.05) is 5.38 Å². The van der Waals surface area contributed by atoms with Gasteiger partial charge in [-0.05, 0) is 29.8 Å². The van der Waals surface area contributed by atoms with Crippen LogP contribution >= 0.6 is 11.3 Å². The van der Waals surface area contributed by atoms with Gasteiger partial charge in [-0.1, -0.05) is 12.1 Å². The molecule has 0 aliphatic carbocycles. The van der Waals surface area contributed by atoms with E-state index in [1.165, 1.54) is 29.5 Å². The average Bonchev–Trinajstić information content (AvgIpc) is 3.17. The summed E-state index contributed by atoms with van der Waals surface area (Å²) in [6, 6.07) is 9.07. The van der Waals surface area contributed by atoms with Gasteiger partial charge in [-0.25, -0.2) is 9.37 Å². The highest BCUT2D eigenvalue weighted by molar-refractivity contribution is 7.14. The van der Waals surface area contributed by atoms with E-state index in [0.29, 0.717) is 22.1 Å². The minimum absolute atomic E-state index is 0.181. The molecule has 3 rings (SSSR count). The Bertz CT molecular complexity index is 801. The average molecular weight is 332 g/mol. The number of hydrogen-bond donors (Lipinski definition) is 2. The van der Waals surface area contributed by atoms with Gasteiger partial charge < -0.3 is 14.8 Å². The summed E-state index contributed by atoms with van der Waals surface area (Å²) in [7, 11) is 0. The van der Waals surface area contributed by atoms with E-state index in [-0.39, 0.29) is 6.42 Å². The van der Waals surface area contributed by atoms with Gasteiger partial charge in [-0.15, -0.1) is 11.3 Å². The number of rotatable bonds is 5. The largest absolute Gasteiger partial charge is 0.463 e. The van der Waals surface area contributed by atoms with E-state index in [0.717, 1.165) is 0 Å². The summed E-state index contributed by atoms with van der Waals surface area (Å²) in [5.41, 5.74) is 0.983. The Morgan fingerprint density at radius 2 is 2.26 bits per heavy atom. The first-order chi connectivity index (χ1) is 11.1. The fraction of sp³-hybridized carbons (Fsp3) is 0.125. The fourth-order valence-corrected chi connectivity index (χ4v) is 2.76. The number of aliphatic hydroxyl groups excluding tert-OH is 1. The number of hydrogen-bond acceptors (Lipinski definition) is 5. The Morgan fingerprint density at radius 3 is 3.00 bits per heavy atom. The highest BCUT2D eigenvalue weighted by Gasteiger charge is 2.15. The molecule has 0 spiro atoms. The molecule has 2 N–H and O–H groups in total. The van der Waals surface area contributed by atoms with Gasteiger partial charge in [0.2, 0.25) is 5.91 Å². The van der Waals surface area contributed by atoms with E-state index in [2.05, 4.69) is 10.3 Å². The monoisotopic (exact) mass is 332 g/mol. The van der Waals surface area contributed by atoms with Crippen LogP contribution in [0.25, 0.3) is 11.5 Å². The van der Waals surface area contributed by atoms with Gasteiger partial charge in [0.15, 0.2) is 10.9 Å². The first-order valence-electron chi connectivity index (χ1n) is 6.84. The summed E-state index contributed by atoms with van der Waals surface area (Å²) in [6.45, 7) is 0. The first-order valence-corrected chi connectivity index (χ1v) is 7.72. The highest BCUT2D eigenvalue weighted by Crippen LogP contribution is 2.25. The summed E-state index contributed by atoms with van der Waals surface area (Å²) in [6.07, 6.45) is 0.289. The lowest BCUT2D eigenvalue weighted by Crippen LogP contribution is -2.15. The fourth-order valence-electron chi connectivity index (χ4n) is 2.05. The molecule has 3 aromatic rings. The molecule has 0 saturated carbocycles. The zero-order chi connectivity index (χ0) is 16.2. The van der Waals surface area contributed by atoms with Crippen LogP contribution in [0.15, 0.2) is 52.5 Å². The molecule has 0 radical (unpaired) electrons. The van der Waals surface area contributed by atoms with Crippen molar-refractivity contribution in [1.29, 1.82) is 0 Å². The molecule has 0 aliphatic rings. The molecular formula is C16H13FN2O3S. The van der Waals surface area contributed by atoms with Crippen molar-refractivity contribution in [2.45, 2.75) is 12.5 Å². The molecule has 23 heavy (non-hydrogen) atoms.